The van der Waals surface area contributed by atoms with Gasteiger partial charge >= 0.3 is 6.18 Å². The first-order chi connectivity index (χ1) is 5.87. The number of hydrogen-bond acceptors (Lipinski definition) is 2. The van der Waals surface area contributed by atoms with Crippen LogP contribution in [0.25, 0.3) is 0 Å². The molecule has 0 amide bonds. The molecule has 2 nitrogen and oxygen atoms in total. The Labute approximate surface area is 74.4 Å². The van der Waals surface area contributed by atoms with E-state index in [9.17, 15) is 18.3 Å². The molecule has 1 aliphatic rings. The summed E-state index contributed by atoms with van der Waals surface area (Å²) in [4.78, 5) is 0. The van der Waals surface area contributed by atoms with Gasteiger partial charge in [0.05, 0.1) is 18.1 Å². The largest absolute Gasteiger partial charge is 0.393 e. The highest BCUT2D eigenvalue weighted by molar-refractivity contribution is 4.88. The monoisotopic (exact) mass is 198 g/mol. The Morgan fingerprint density at radius 2 is 2.00 bits per heavy atom. The Hall–Kier alpha value is -0.290. The molecule has 5 heteroatoms. The highest BCUT2D eigenvalue weighted by Crippen LogP contribution is 2.41. The van der Waals surface area contributed by atoms with Crippen LogP contribution in [0.4, 0.5) is 13.2 Å². The molecule has 0 heterocycles. The van der Waals surface area contributed by atoms with E-state index in [0.29, 0.717) is 6.42 Å². The van der Waals surface area contributed by atoms with E-state index in [1.54, 1.807) is 0 Å². The average Bonchev–Trinajstić information content (AvgIpc) is 2.03. The van der Waals surface area contributed by atoms with Crippen LogP contribution in [0.1, 0.15) is 25.7 Å². The second-order valence-electron chi connectivity index (χ2n) is 3.72. The summed E-state index contributed by atoms with van der Waals surface area (Å²) < 4.78 is 36.7. The Morgan fingerprint density at radius 1 is 1.38 bits per heavy atom. The van der Waals surface area contributed by atoms with Crippen molar-refractivity contribution in [3.8, 4) is 0 Å². The lowest BCUT2D eigenvalue weighted by Gasteiger charge is -2.36. The molecule has 0 aromatic carbocycles. The SMILES string of the molecule is OCC1(O)CCCC(C(F)(F)F)C1. The number of alkyl halides is 3. The zero-order valence-corrected chi connectivity index (χ0v) is 7.14. The molecule has 0 spiro atoms. The van der Waals surface area contributed by atoms with Gasteiger partial charge in [0.15, 0.2) is 0 Å². The Bertz CT molecular complexity index is 181. The fourth-order valence-electron chi connectivity index (χ4n) is 1.76. The van der Waals surface area contributed by atoms with Gasteiger partial charge in [-0.2, -0.15) is 13.2 Å². The van der Waals surface area contributed by atoms with E-state index in [1.165, 1.54) is 0 Å². The smallest absolute Gasteiger partial charge is 0.391 e. The van der Waals surface area contributed by atoms with Gasteiger partial charge < -0.3 is 10.2 Å². The zero-order chi connectivity index (χ0) is 10.1. The van der Waals surface area contributed by atoms with E-state index in [1.807, 2.05) is 0 Å². The quantitative estimate of drug-likeness (QED) is 0.669. The van der Waals surface area contributed by atoms with E-state index in [0.717, 1.165) is 0 Å². The maximum atomic E-state index is 12.2. The highest BCUT2D eigenvalue weighted by atomic mass is 19.4. The summed E-state index contributed by atoms with van der Waals surface area (Å²) in [6, 6.07) is 0. The average molecular weight is 198 g/mol. The minimum Gasteiger partial charge on any atom is -0.393 e. The van der Waals surface area contributed by atoms with Crippen molar-refractivity contribution >= 4 is 0 Å². The van der Waals surface area contributed by atoms with E-state index in [-0.39, 0.29) is 19.3 Å². The van der Waals surface area contributed by atoms with E-state index < -0.39 is 24.3 Å². The molecule has 2 atom stereocenters. The number of halogens is 3. The van der Waals surface area contributed by atoms with Crippen molar-refractivity contribution in [2.75, 3.05) is 6.61 Å². The summed E-state index contributed by atoms with van der Waals surface area (Å²) >= 11 is 0. The van der Waals surface area contributed by atoms with Gasteiger partial charge in [0.1, 0.15) is 0 Å². The lowest BCUT2D eigenvalue weighted by Crippen LogP contribution is -2.42. The molecule has 1 fully saturated rings. The Kier molecular flexibility index (Phi) is 2.87. The predicted octanol–water partition coefficient (Wildman–Crippen LogP) is 1.46. The van der Waals surface area contributed by atoms with Gasteiger partial charge in [-0.3, -0.25) is 0 Å². The number of aliphatic hydroxyl groups is 2. The van der Waals surface area contributed by atoms with Crippen molar-refractivity contribution in [1.29, 1.82) is 0 Å². The summed E-state index contributed by atoms with van der Waals surface area (Å²) in [5.74, 6) is -1.46. The van der Waals surface area contributed by atoms with Crippen molar-refractivity contribution in [2.45, 2.75) is 37.5 Å². The maximum Gasteiger partial charge on any atom is 0.391 e. The number of rotatable bonds is 1. The number of hydrogen-bond donors (Lipinski definition) is 2. The summed E-state index contributed by atoms with van der Waals surface area (Å²) in [5.41, 5.74) is -1.52. The Morgan fingerprint density at radius 3 is 2.46 bits per heavy atom. The van der Waals surface area contributed by atoms with Gasteiger partial charge in [0.25, 0.3) is 0 Å². The summed E-state index contributed by atoms with van der Waals surface area (Å²) in [6.45, 7) is -0.584. The molecule has 0 aromatic rings. The molecule has 2 N–H and O–H groups in total. The van der Waals surface area contributed by atoms with Crippen LogP contribution in [-0.2, 0) is 0 Å². The first-order valence-corrected chi connectivity index (χ1v) is 4.27. The topological polar surface area (TPSA) is 40.5 Å². The maximum absolute atomic E-state index is 12.2. The van der Waals surface area contributed by atoms with E-state index in [2.05, 4.69) is 0 Å². The second kappa shape index (κ2) is 3.46. The minimum absolute atomic E-state index is 0.0613. The van der Waals surface area contributed by atoms with Crippen LogP contribution in [0, 0.1) is 5.92 Å². The zero-order valence-electron chi connectivity index (χ0n) is 7.14. The van der Waals surface area contributed by atoms with Crippen LogP contribution in [-0.4, -0.2) is 28.6 Å². The van der Waals surface area contributed by atoms with E-state index >= 15 is 0 Å². The molecule has 0 aromatic heterocycles. The van der Waals surface area contributed by atoms with Gasteiger partial charge in [-0.15, -0.1) is 0 Å². The van der Waals surface area contributed by atoms with Crippen LogP contribution in [0.5, 0.6) is 0 Å². The molecule has 1 rings (SSSR count). The summed E-state index contributed by atoms with van der Waals surface area (Å²) in [5, 5.41) is 18.2. The normalized spacial score (nSPS) is 36.2. The molecule has 0 bridgehead atoms. The first kappa shape index (κ1) is 10.8. The van der Waals surface area contributed by atoms with Crippen molar-refractivity contribution < 1.29 is 23.4 Å². The van der Waals surface area contributed by atoms with Crippen LogP contribution >= 0.6 is 0 Å². The van der Waals surface area contributed by atoms with Crippen LogP contribution in [0.3, 0.4) is 0 Å². The lowest BCUT2D eigenvalue weighted by atomic mass is 9.78. The third-order valence-corrected chi connectivity index (χ3v) is 2.58. The second-order valence-corrected chi connectivity index (χ2v) is 3.72. The third kappa shape index (κ3) is 2.57. The minimum atomic E-state index is -4.25. The fourth-order valence-corrected chi connectivity index (χ4v) is 1.76. The van der Waals surface area contributed by atoms with E-state index in [4.69, 9.17) is 5.11 Å². The highest BCUT2D eigenvalue weighted by Gasteiger charge is 2.46. The van der Waals surface area contributed by atoms with Crippen LogP contribution in [0.15, 0.2) is 0 Å². The molecule has 1 aliphatic carbocycles. The van der Waals surface area contributed by atoms with Crippen molar-refractivity contribution in [3.63, 3.8) is 0 Å². The molecule has 0 radical (unpaired) electrons. The fraction of sp³-hybridized carbons (Fsp3) is 1.00. The molecular weight excluding hydrogens is 185 g/mol. The predicted molar refractivity (Wildman–Crippen MR) is 40.0 cm³/mol. The molecule has 2 unspecified atom stereocenters. The molecule has 1 saturated carbocycles. The van der Waals surface area contributed by atoms with Crippen LogP contribution < -0.4 is 0 Å². The first-order valence-electron chi connectivity index (χ1n) is 4.27. The van der Waals surface area contributed by atoms with Crippen molar-refractivity contribution in [2.24, 2.45) is 5.92 Å². The van der Waals surface area contributed by atoms with Crippen molar-refractivity contribution in [3.05, 3.63) is 0 Å². The van der Waals surface area contributed by atoms with Gasteiger partial charge in [0, 0.05) is 0 Å². The molecule has 13 heavy (non-hydrogen) atoms. The standard InChI is InChI=1S/C8H13F3O2/c9-8(10,11)6-2-1-3-7(13,4-6)5-12/h6,12-13H,1-5H2. The third-order valence-electron chi connectivity index (χ3n) is 2.58. The van der Waals surface area contributed by atoms with Gasteiger partial charge in [-0.25, -0.2) is 0 Å². The summed E-state index contributed by atoms with van der Waals surface area (Å²) in [6.07, 6.45) is -3.97. The van der Waals surface area contributed by atoms with Crippen LogP contribution in [0.2, 0.25) is 0 Å². The van der Waals surface area contributed by atoms with Gasteiger partial charge in [0.2, 0.25) is 0 Å². The Balaban J connectivity index is 2.62. The summed E-state index contributed by atoms with van der Waals surface area (Å²) in [7, 11) is 0. The molecule has 78 valence electrons. The van der Waals surface area contributed by atoms with Gasteiger partial charge in [-0.1, -0.05) is 0 Å². The molecule has 0 aliphatic heterocycles. The van der Waals surface area contributed by atoms with Crippen molar-refractivity contribution in [1.82, 2.24) is 0 Å². The number of aliphatic hydroxyl groups excluding tert-OH is 1. The lowest BCUT2D eigenvalue weighted by molar-refractivity contribution is -0.204. The molecular formula is C8H13F3O2. The van der Waals surface area contributed by atoms with Gasteiger partial charge in [-0.05, 0) is 25.7 Å². The molecule has 0 saturated heterocycles.